The highest BCUT2D eigenvalue weighted by Gasteiger charge is 2.02. The number of hydrogen-bond acceptors (Lipinski definition) is 3. The Hall–Kier alpha value is -0.670. The normalized spacial score (nSPS) is 14.6. The summed E-state index contributed by atoms with van der Waals surface area (Å²) in [4.78, 5) is 5.47. The highest BCUT2D eigenvalue weighted by molar-refractivity contribution is 7.10. The van der Waals surface area contributed by atoms with E-state index in [1.807, 2.05) is 19.5 Å². The topological polar surface area (TPSA) is 24.9 Å². The highest BCUT2D eigenvalue weighted by Crippen LogP contribution is 2.17. The van der Waals surface area contributed by atoms with Crippen molar-refractivity contribution in [3.05, 3.63) is 21.7 Å². The van der Waals surface area contributed by atoms with Crippen LogP contribution in [-0.2, 0) is 0 Å². The third kappa shape index (κ3) is 2.64. The molecule has 1 rings (SSSR count). The summed E-state index contributed by atoms with van der Waals surface area (Å²) < 4.78 is 0. The number of thiazole rings is 1. The molecule has 0 spiro atoms. The van der Waals surface area contributed by atoms with Gasteiger partial charge in [-0.3, -0.25) is 0 Å². The Labute approximate surface area is 83.7 Å². The molecule has 0 aliphatic heterocycles. The molecule has 0 saturated carbocycles. The molecule has 13 heavy (non-hydrogen) atoms. The lowest BCUT2D eigenvalue weighted by Crippen LogP contribution is -2.21. The van der Waals surface area contributed by atoms with Crippen LogP contribution in [0, 0.1) is 6.92 Å². The van der Waals surface area contributed by atoms with Crippen molar-refractivity contribution in [3.63, 3.8) is 0 Å². The van der Waals surface area contributed by atoms with Crippen molar-refractivity contribution in [3.8, 4) is 0 Å². The molecular formula is C10H16N2S. The second-order valence-corrected chi connectivity index (χ2v) is 4.09. The Morgan fingerprint density at radius 2 is 2.38 bits per heavy atom. The fourth-order valence-electron chi connectivity index (χ4n) is 1.01. The van der Waals surface area contributed by atoms with E-state index in [1.54, 1.807) is 11.3 Å². The van der Waals surface area contributed by atoms with Crippen LogP contribution in [-0.4, -0.2) is 18.1 Å². The van der Waals surface area contributed by atoms with Gasteiger partial charge in [-0.2, -0.15) is 0 Å². The molecule has 1 heterocycles. The Kier molecular flexibility index (Phi) is 3.63. The molecule has 0 bridgehead atoms. The predicted octanol–water partition coefficient (Wildman–Crippen LogP) is 2.46. The lowest BCUT2D eigenvalue weighted by atomic mass is 10.1. The second-order valence-electron chi connectivity index (χ2n) is 3.20. The fraction of sp³-hybridized carbons (Fsp3) is 0.500. The average Bonchev–Trinajstić information content (AvgIpc) is 2.50. The number of hydrogen-bond donors (Lipinski definition) is 1. The van der Waals surface area contributed by atoms with Crippen LogP contribution in [0.25, 0.3) is 6.08 Å². The minimum atomic E-state index is 0.432. The van der Waals surface area contributed by atoms with E-state index in [0.29, 0.717) is 6.04 Å². The highest BCUT2D eigenvalue weighted by atomic mass is 32.1. The van der Waals surface area contributed by atoms with Crippen LogP contribution in [0.2, 0.25) is 0 Å². The van der Waals surface area contributed by atoms with Crippen LogP contribution in [0.5, 0.6) is 0 Å². The van der Waals surface area contributed by atoms with Crippen LogP contribution in [0.3, 0.4) is 0 Å². The summed E-state index contributed by atoms with van der Waals surface area (Å²) in [7, 11) is 1.97. The number of rotatable bonds is 3. The summed E-state index contributed by atoms with van der Waals surface area (Å²) in [6.07, 6.45) is 2.20. The van der Waals surface area contributed by atoms with Gasteiger partial charge in [-0.05, 0) is 33.9 Å². The van der Waals surface area contributed by atoms with Gasteiger partial charge in [-0.25, -0.2) is 4.98 Å². The second kappa shape index (κ2) is 4.53. The van der Waals surface area contributed by atoms with Crippen molar-refractivity contribution < 1.29 is 0 Å². The molecular weight excluding hydrogens is 180 g/mol. The number of aromatic nitrogens is 1. The van der Waals surface area contributed by atoms with Gasteiger partial charge in [-0.15, -0.1) is 11.3 Å². The molecule has 2 nitrogen and oxygen atoms in total. The van der Waals surface area contributed by atoms with Crippen LogP contribution in [0.1, 0.15) is 24.4 Å². The Morgan fingerprint density at radius 1 is 1.69 bits per heavy atom. The third-order valence-corrected chi connectivity index (χ3v) is 3.14. The maximum absolute atomic E-state index is 4.21. The molecule has 0 saturated heterocycles. The molecule has 1 unspecified atom stereocenters. The quantitative estimate of drug-likeness (QED) is 0.803. The van der Waals surface area contributed by atoms with Gasteiger partial charge < -0.3 is 5.32 Å². The first-order chi connectivity index (χ1) is 6.15. The Balaban J connectivity index is 2.82. The minimum Gasteiger partial charge on any atom is -0.314 e. The van der Waals surface area contributed by atoms with Crippen LogP contribution in [0.15, 0.2) is 11.1 Å². The van der Waals surface area contributed by atoms with E-state index >= 15 is 0 Å². The van der Waals surface area contributed by atoms with Gasteiger partial charge in [0.2, 0.25) is 0 Å². The number of likely N-dealkylation sites (N-methyl/N-ethyl adjacent to an activating group) is 1. The first-order valence-corrected chi connectivity index (χ1v) is 5.28. The summed E-state index contributed by atoms with van der Waals surface area (Å²) >= 11 is 1.69. The fourth-order valence-corrected chi connectivity index (χ4v) is 1.81. The molecule has 72 valence electrons. The molecule has 0 aliphatic rings. The standard InChI is InChI=1S/C10H16N2S/c1-7(8(2)11-4)5-10-9(3)12-6-13-10/h5-6,8,11H,1-4H3. The van der Waals surface area contributed by atoms with E-state index in [0.717, 1.165) is 5.69 Å². The lowest BCUT2D eigenvalue weighted by Gasteiger charge is -2.09. The predicted molar refractivity (Wildman–Crippen MR) is 59.0 cm³/mol. The van der Waals surface area contributed by atoms with Crippen LogP contribution >= 0.6 is 11.3 Å². The van der Waals surface area contributed by atoms with Crippen molar-refractivity contribution in [1.29, 1.82) is 0 Å². The maximum atomic E-state index is 4.21. The minimum absolute atomic E-state index is 0.432. The molecule has 1 N–H and O–H groups in total. The zero-order valence-electron chi connectivity index (χ0n) is 8.59. The molecule has 1 aromatic rings. The monoisotopic (exact) mass is 196 g/mol. The van der Waals surface area contributed by atoms with Gasteiger partial charge in [-0.1, -0.05) is 5.57 Å². The first kappa shape index (κ1) is 10.4. The van der Waals surface area contributed by atoms with E-state index in [2.05, 4.69) is 30.2 Å². The van der Waals surface area contributed by atoms with Gasteiger partial charge in [0.05, 0.1) is 11.2 Å². The Morgan fingerprint density at radius 3 is 2.85 bits per heavy atom. The van der Waals surface area contributed by atoms with Gasteiger partial charge >= 0.3 is 0 Å². The summed E-state index contributed by atoms with van der Waals surface area (Å²) in [5.74, 6) is 0. The van der Waals surface area contributed by atoms with E-state index in [1.165, 1.54) is 10.5 Å². The van der Waals surface area contributed by atoms with E-state index < -0.39 is 0 Å². The molecule has 0 radical (unpaired) electrons. The summed E-state index contributed by atoms with van der Waals surface area (Å²) in [6, 6.07) is 0.432. The number of nitrogens with zero attached hydrogens (tertiary/aromatic N) is 1. The third-order valence-electron chi connectivity index (χ3n) is 2.26. The van der Waals surface area contributed by atoms with E-state index in [4.69, 9.17) is 0 Å². The average molecular weight is 196 g/mol. The number of aryl methyl sites for hydroxylation is 1. The van der Waals surface area contributed by atoms with Crippen molar-refractivity contribution in [2.45, 2.75) is 26.8 Å². The van der Waals surface area contributed by atoms with Crippen molar-refractivity contribution in [2.24, 2.45) is 0 Å². The largest absolute Gasteiger partial charge is 0.314 e. The summed E-state index contributed by atoms with van der Waals surface area (Å²) in [6.45, 7) is 6.34. The van der Waals surface area contributed by atoms with Crippen molar-refractivity contribution >= 4 is 17.4 Å². The van der Waals surface area contributed by atoms with Crippen LogP contribution in [0.4, 0.5) is 0 Å². The SMILES string of the molecule is CNC(C)C(C)=Cc1scnc1C. The Bertz CT molecular complexity index is 302. The smallest absolute Gasteiger partial charge is 0.0801 e. The zero-order valence-corrected chi connectivity index (χ0v) is 9.40. The van der Waals surface area contributed by atoms with Gasteiger partial charge in [0.1, 0.15) is 0 Å². The molecule has 0 fully saturated rings. The zero-order chi connectivity index (χ0) is 9.84. The molecule has 0 amide bonds. The molecule has 0 aliphatic carbocycles. The van der Waals surface area contributed by atoms with Gasteiger partial charge in [0, 0.05) is 10.9 Å². The molecule has 0 aromatic carbocycles. The number of nitrogens with one attached hydrogen (secondary N) is 1. The lowest BCUT2D eigenvalue weighted by molar-refractivity contribution is 0.696. The summed E-state index contributed by atoms with van der Waals surface area (Å²) in [5.41, 5.74) is 4.35. The summed E-state index contributed by atoms with van der Waals surface area (Å²) in [5, 5.41) is 3.21. The van der Waals surface area contributed by atoms with E-state index in [9.17, 15) is 0 Å². The van der Waals surface area contributed by atoms with E-state index in [-0.39, 0.29) is 0 Å². The van der Waals surface area contributed by atoms with Gasteiger partial charge in [0.25, 0.3) is 0 Å². The van der Waals surface area contributed by atoms with Gasteiger partial charge in [0.15, 0.2) is 0 Å². The molecule has 3 heteroatoms. The molecule has 1 aromatic heterocycles. The van der Waals surface area contributed by atoms with Crippen LogP contribution < -0.4 is 5.32 Å². The first-order valence-electron chi connectivity index (χ1n) is 4.40. The maximum Gasteiger partial charge on any atom is 0.0801 e. The van der Waals surface area contributed by atoms with Crippen molar-refractivity contribution in [2.75, 3.05) is 7.05 Å². The molecule has 1 atom stereocenters. The van der Waals surface area contributed by atoms with Crippen molar-refractivity contribution in [1.82, 2.24) is 10.3 Å².